The Morgan fingerprint density at radius 2 is 1.65 bits per heavy atom. The summed E-state index contributed by atoms with van der Waals surface area (Å²) in [6, 6.07) is 0. The largest absolute Gasteiger partial charge is 0.481 e. The zero-order valence-electron chi connectivity index (χ0n) is 22.6. The molecule has 5 fully saturated rings. The van der Waals surface area contributed by atoms with Gasteiger partial charge in [0.05, 0.1) is 5.41 Å². The van der Waals surface area contributed by atoms with Crippen LogP contribution in [0.1, 0.15) is 112 Å². The summed E-state index contributed by atoms with van der Waals surface area (Å²) in [5, 5.41) is 10.5. The summed E-state index contributed by atoms with van der Waals surface area (Å²) in [7, 11) is 0. The van der Waals surface area contributed by atoms with Gasteiger partial charge in [-0.2, -0.15) is 0 Å². The fraction of sp³-hybridized carbons (Fsp3) is 0.871. The molecule has 3 heteroatoms. The zero-order valence-corrected chi connectivity index (χ0v) is 22.6. The van der Waals surface area contributed by atoms with Gasteiger partial charge >= 0.3 is 5.97 Å². The van der Waals surface area contributed by atoms with Gasteiger partial charge < -0.3 is 5.11 Å². The average molecular weight is 469 g/mol. The Kier molecular flexibility index (Phi) is 5.38. The maximum Gasteiger partial charge on any atom is 0.309 e. The fourth-order valence-corrected chi connectivity index (χ4v) is 11.6. The van der Waals surface area contributed by atoms with Crippen LogP contribution in [0.3, 0.4) is 0 Å². The predicted molar refractivity (Wildman–Crippen MR) is 136 cm³/mol. The van der Waals surface area contributed by atoms with E-state index in [1.54, 1.807) is 0 Å². The molecule has 0 spiro atoms. The number of carbonyl (C=O) groups excluding carboxylic acids is 1. The minimum Gasteiger partial charge on any atom is -0.481 e. The summed E-state index contributed by atoms with van der Waals surface area (Å²) in [4.78, 5) is 25.9. The number of aliphatic carboxylic acids is 1. The molecule has 10 atom stereocenters. The summed E-state index contributed by atoms with van der Waals surface area (Å²) < 4.78 is 0. The maximum absolute atomic E-state index is 13.1. The monoisotopic (exact) mass is 468 g/mol. The minimum atomic E-state index is -0.546. The van der Waals surface area contributed by atoms with E-state index >= 15 is 0 Å². The van der Waals surface area contributed by atoms with Gasteiger partial charge in [-0.3, -0.25) is 9.59 Å². The number of carboxylic acid groups (broad SMARTS) is 1. The molecule has 5 rings (SSSR count). The second kappa shape index (κ2) is 7.45. The first-order valence-corrected chi connectivity index (χ1v) is 14.2. The quantitative estimate of drug-likeness (QED) is 0.432. The number of Topliss-reactive ketones (excluding diaryl/α,β-unsaturated/α-hetero) is 1. The van der Waals surface area contributed by atoms with Crippen LogP contribution in [0.4, 0.5) is 0 Å². The molecule has 0 aromatic carbocycles. The molecule has 190 valence electrons. The van der Waals surface area contributed by atoms with Crippen molar-refractivity contribution in [3.8, 4) is 0 Å². The first-order valence-electron chi connectivity index (χ1n) is 14.2. The van der Waals surface area contributed by atoms with Crippen molar-refractivity contribution in [1.82, 2.24) is 0 Å². The molecule has 0 aliphatic heterocycles. The SMILES string of the molecule is C=C(C)C1CCC2(C(=O)O)CCC3(C)C(CCC4C5(C)CCC(=O)C(C)(CC)C5CCC43C)C12. The van der Waals surface area contributed by atoms with Crippen LogP contribution in [-0.4, -0.2) is 16.9 Å². The molecule has 1 N–H and O–H groups in total. The smallest absolute Gasteiger partial charge is 0.309 e. The Balaban J connectivity index is 1.57. The van der Waals surface area contributed by atoms with Crippen molar-refractivity contribution in [3.05, 3.63) is 12.2 Å². The van der Waals surface area contributed by atoms with Gasteiger partial charge in [0.25, 0.3) is 0 Å². The number of hydrogen-bond acceptors (Lipinski definition) is 2. The van der Waals surface area contributed by atoms with Gasteiger partial charge in [0, 0.05) is 11.8 Å². The second-order valence-corrected chi connectivity index (χ2v) is 14.3. The second-order valence-electron chi connectivity index (χ2n) is 14.3. The lowest BCUT2D eigenvalue weighted by atomic mass is 9.32. The third kappa shape index (κ3) is 2.71. The standard InChI is InChI=1S/C31H48O3/c1-8-27(4)22-12-15-30(7)23(28(22,5)14-13-24(27)32)10-9-21-25-20(19(2)3)11-16-31(25,26(33)34)18-17-29(21,30)6/h20-23,25H,2,8-18H2,1,3-7H3,(H,33,34). The van der Waals surface area contributed by atoms with Crippen LogP contribution in [0.5, 0.6) is 0 Å². The van der Waals surface area contributed by atoms with E-state index < -0.39 is 11.4 Å². The lowest BCUT2D eigenvalue weighted by Gasteiger charge is -2.72. The zero-order chi connectivity index (χ0) is 24.9. The molecule has 0 aromatic heterocycles. The third-order valence-corrected chi connectivity index (χ3v) is 13.8. The van der Waals surface area contributed by atoms with Gasteiger partial charge in [-0.1, -0.05) is 46.8 Å². The molecule has 0 heterocycles. The van der Waals surface area contributed by atoms with E-state index in [2.05, 4.69) is 48.1 Å². The molecule has 0 saturated heterocycles. The van der Waals surface area contributed by atoms with Gasteiger partial charge in [-0.15, -0.1) is 0 Å². The van der Waals surface area contributed by atoms with Crippen molar-refractivity contribution in [3.63, 3.8) is 0 Å². The van der Waals surface area contributed by atoms with Crippen LogP contribution in [0.25, 0.3) is 0 Å². The molecular formula is C31H48O3. The molecule has 0 radical (unpaired) electrons. The van der Waals surface area contributed by atoms with E-state index in [1.807, 2.05) is 0 Å². The Hall–Kier alpha value is -1.12. The highest BCUT2D eigenvalue weighted by molar-refractivity contribution is 5.86. The van der Waals surface area contributed by atoms with Crippen LogP contribution in [-0.2, 0) is 9.59 Å². The highest BCUT2D eigenvalue weighted by Gasteiger charge is 2.72. The Morgan fingerprint density at radius 1 is 0.941 bits per heavy atom. The molecule has 34 heavy (non-hydrogen) atoms. The van der Waals surface area contributed by atoms with Gasteiger partial charge in [0.2, 0.25) is 0 Å². The van der Waals surface area contributed by atoms with E-state index in [0.29, 0.717) is 29.5 Å². The van der Waals surface area contributed by atoms with Crippen LogP contribution in [0.15, 0.2) is 12.2 Å². The Bertz CT molecular complexity index is 922. The van der Waals surface area contributed by atoms with Crippen molar-refractivity contribution in [2.75, 3.05) is 0 Å². The topological polar surface area (TPSA) is 54.4 Å². The van der Waals surface area contributed by atoms with E-state index in [0.717, 1.165) is 57.8 Å². The van der Waals surface area contributed by atoms with E-state index in [-0.39, 0.29) is 27.6 Å². The molecule has 5 saturated carbocycles. The first-order chi connectivity index (χ1) is 15.8. The number of allylic oxidation sites excluding steroid dienone is 1. The predicted octanol–water partition coefficient (Wildman–Crippen LogP) is 7.69. The van der Waals surface area contributed by atoms with E-state index in [1.165, 1.54) is 18.4 Å². The van der Waals surface area contributed by atoms with Crippen LogP contribution < -0.4 is 0 Å². The number of carbonyl (C=O) groups is 2. The summed E-state index contributed by atoms with van der Waals surface area (Å²) in [6.07, 6.45) is 11.1. The van der Waals surface area contributed by atoms with Gasteiger partial charge in [-0.25, -0.2) is 0 Å². The minimum absolute atomic E-state index is 0.162. The highest BCUT2D eigenvalue weighted by atomic mass is 16.4. The maximum atomic E-state index is 13.1. The molecule has 10 unspecified atom stereocenters. The summed E-state index contributed by atoms with van der Waals surface area (Å²) in [6.45, 7) is 18.7. The average Bonchev–Trinajstić information content (AvgIpc) is 3.18. The van der Waals surface area contributed by atoms with Crippen molar-refractivity contribution in [1.29, 1.82) is 0 Å². The normalized spacial score (nSPS) is 54.4. The highest BCUT2D eigenvalue weighted by Crippen LogP contribution is 2.77. The summed E-state index contributed by atoms with van der Waals surface area (Å²) >= 11 is 0. The van der Waals surface area contributed by atoms with Gasteiger partial charge in [-0.05, 0) is 117 Å². The van der Waals surface area contributed by atoms with Crippen LogP contribution in [0, 0.1) is 56.7 Å². The number of ketones is 1. The number of rotatable bonds is 3. The van der Waals surface area contributed by atoms with Crippen LogP contribution in [0.2, 0.25) is 0 Å². The van der Waals surface area contributed by atoms with Gasteiger partial charge in [0.1, 0.15) is 5.78 Å². The van der Waals surface area contributed by atoms with Crippen molar-refractivity contribution >= 4 is 11.8 Å². The lowest BCUT2D eigenvalue weighted by molar-refractivity contribution is -0.236. The lowest BCUT2D eigenvalue weighted by Crippen LogP contribution is -2.67. The van der Waals surface area contributed by atoms with Gasteiger partial charge in [0.15, 0.2) is 0 Å². The van der Waals surface area contributed by atoms with E-state index in [9.17, 15) is 14.7 Å². The number of carboxylic acids is 1. The van der Waals surface area contributed by atoms with Crippen molar-refractivity contribution in [2.24, 2.45) is 56.7 Å². The Labute approximate surface area is 207 Å². The third-order valence-electron chi connectivity index (χ3n) is 13.8. The van der Waals surface area contributed by atoms with Crippen molar-refractivity contribution in [2.45, 2.75) is 112 Å². The molecule has 5 aliphatic rings. The van der Waals surface area contributed by atoms with Crippen LogP contribution >= 0.6 is 0 Å². The first kappa shape index (κ1) is 24.6. The van der Waals surface area contributed by atoms with Crippen molar-refractivity contribution < 1.29 is 14.7 Å². The fourth-order valence-electron chi connectivity index (χ4n) is 11.6. The summed E-state index contributed by atoms with van der Waals surface area (Å²) in [5.41, 5.74) is 1.07. The molecule has 0 bridgehead atoms. The Morgan fingerprint density at radius 3 is 2.26 bits per heavy atom. The molecule has 5 aliphatic carbocycles. The molecular weight excluding hydrogens is 420 g/mol. The molecule has 0 amide bonds. The number of hydrogen-bond donors (Lipinski definition) is 1. The van der Waals surface area contributed by atoms with E-state index in [4.69, 9.17) is 0 Å². The number of fused-ring (bicyclic) bond motifs is 7. The molecule has 0 aromatic rings. The molecule has 3 nitrogen and oxygen atoms in total. The summed E-state index contributed by atoms with van der Waals surface area (Å²) in [5.74, 6) is 2.12.